The lowest BCUT2D eigenvalue weighted by Crippen LogP contribution is -2.47. The zero-order valence-corrected chi connectivity index (χ0v) is 18.8. The molecule has 32 heavy (non-hydrogen) atoms. The molecule has 1 fully saturated rings. The van der Waals surface area contributed by atoms with Crippen molar-refractivity contribution in [2.45, 2.75) is 64.0 Å². The minimum atomic E-state index is -0.528. The van der Waals surface area contributed by atoms with E-state index in [0.717, 1.165) is 24.8 Å². The van der Waals surface area contributed by atoms with Crippen molar-refractivity contribution in [3.63, 3.8) is 0 Å². The molecule has 0 saturated carbocycles. The second-order valence-corrected chi connectivity index (χ2v) is 9.49. The Hall–Kier alpha value is -3.22. The van der Waals surface area contributed by atoms with Gasteiger partial charge in [0.2, 0.25) is 5.91 Å². The molecule has 4 rings (SSSR count). The number of aryl methyl sites for hydroxylation is 1. The summed E-state index contributed by atoms with van der Waals surface area (Å²) in [6.07, 6.45) is 3.20. The van der Waals surface area contributed by atoms with Crippen LogP contribution in [0.4, 0.5) is 5.69 Å². The van der Waals surface area contributed by atoms with E-state index in [1.165, 1.54) is 23.8 Å². The second kappa shape index (κ2) is 8.37. The molecule has 7 nitrogen and oxygen atoms in total. The Balaban J connectivity index is 1.52. The minimum absolute atomic E-state index is 0.0175. The summed E-state index contributed by atoms with van der Waals surface area (Å²) < 4.78 is 0. The summed E-state index contributed by atoms with van der Waals surface area (Å²) in [6, 6.07) is 12.0. The molecule has 0 aromatic heterocycles. The van der Waals surface area contributed by atoms with Gasteiger partial charge in [0, 0.05) is 23.7 Å². The van der Waals surface area contributed by atoms with Gasteiger partial charge in [-0.05, 0) is 61.3 Å². The number of nitro groups is 1. The fourth-order valence-electron chi connectivity index (χ4n) is 5.07. The van der Waals surface area contributed by atoms with Crippen LogP contribution in [0.2, 0.25) is 0 Å². The third kappa shape index (κ3) is 3.99. The van der Waals surface area contributed by atoms with Crippen LogP contribution in [0.5, 0.6) is 0 Å². The Bertz CT molecular complexity index is 1080. The lowest BCUT2D eigenvalue weighted by Gasteiger charge is -2.38. The Kier molecular flexibility index (Phi) is 5.75. The van der Waals surface area contributed by atoms with Crippen LogP contribution < -0.4 is 5.32 Å². The van der Waals surface area contributed by atoms with Crippen LogP contribution in [0.3, 0.4) is 0 Å². The smallest absolute Gasteiger partial charge is 0.272 e. The van der Waals surface area contributed by atoms with Gasteiger partial charge in [0.1, 0.15) is 6.04 Å². The maximum absolute atomic E-state index is 13.2. The van der Waals surface area contributed by atoms with Gasteiger partial charge in [-0.25, -0.2) is 0 Å². The van der Waals surface area contributed by atoms with E-state index in [2.05, 4.69) is 31.3 Å². The highest BCUT2D eigenvalue weighted by Gasteiger charge is 2.38. The predicted molar refractivity (Wildman–Crippen MR) is 121 cm³/mol. The fourth-order valence-corrected chi connectivity index (χ4v) is 5.07. The molecule has 1 saturated heterocycles. The number of carbonyl (C=O) groups is 2. The zero-order chi connectivity index (χ0) is 23.0. The largest absolute Gasteiger partial charge is 0.347 e. The first-order valence-electron chi connectivity index (χ1n) is 11.1. The molecule has 2 aromatic rings. The van der Waals surface area contributed by atoms with E-state index in [1.54, 1.807) is 11.8 Å². The summed E-state index contributed by atoms with van der Waals surface area (Å²) in [5, 5.41) is 14.3. The van der Waals surface area contributed by atoms with Crippen molar-refractivity contribution in [2.24, 2.45) is 0 Å². The molecule has 2 amide bonds. The van der Waals surface area contributed by atoms with E-state index in [4.69, 9.17) is 0 Å². The van der Waals surface area contributed by atoms with Gasteiger partial charge in [0.25, 0.3) is 11.6 Å². The van der Waals surface area contributed by atoms with E-state index >= 15 is 0 Å². The molecule has 2 atom stereocenters. The Morgan fingerprint density at radius 2 is 1.91 bits per heavy atom. The quantitative estimate of drug-likeness (QED) is 0.568. The molecule has 2 aromatic carbocycles. The van der Waals surface area contributed by atoms with Crippen LogP contribution in [0.15, 0.2) is 42.5 Å². The van der Waals surface area contributed by atoms with Gasteiger partial charge < -0.3 is 10.2 Å². The van der Waals surface area contributed by atoms with Crippen molar-refractivity contribution in [1.29, 1.82) is 0 Å². The summed E-state index contributed by atoms with van der Waals surface area (Å²) in [5.41, 5.74) is 3.27. The number of rotatable bonds is 4. The van der Waals surface area contributed by atoms with Crippen LogP contribution in [0.1, 0.15) is 72.6 Å². The Morgan fingerprint density at radius 1 is 1.16 bits per heavy atom. The van der Waals surface area contributed by atoms with Crippen LogP contribution in [0, 0.1) is 17.0 Å². The topological polar surface area (TPSA) is 92.6 Å². The summed E-state index contributed by atoms with van der Waals surface area (Å²) in [7, 11) is 0. The average molecular weight is 436 g/mol. The van der Waals surface area contributed by atoms with Crippen molar-refractivity contribution >= 4 is 17.5 Å². The number of nitrogens with zero attached hydrogens (tertiary/aromatic N) is 2. The maximum Gasteiger partial charge on any atom is 0.272 e. The lowest BCUT2D eigenvalue weighted by molar-refractivity contribution is -0.385. The molecule has 1 aliphatic heterocycles. The number of hydrogen-bond acceptors (Lipinski definition) is 4. The molecular formula is C25H29N3O4. The first-order chi connectivity index (χ1) is 15.2. The predicted octanol–water partition coefficient (Wildman–Crippen LogP) is 4.44. The molecule has 2 aliphatic rings. The highest BCUT2D eigenvalue weighted by Crippen LogP contribution is 2.41. The summed E-state index contributed by atoms with van der Waals surface area (Å²) in [6.45, 7) is 6.58. The monoisotopic (exact) mass is 435 g/mol. The lowest BCUT2D eigenvalue weighted by atomic mass is 9.71. The maximum atomic E-state index is 13.2. The van der Waals surface area contributed by atoms with Gasteiger partial charge in [-0.2, -0.15) is 0 Å². The number of fused-ring (bicyclic) bond motifs is 1. The van der Waals surface area contributed by atoms with Gasteiger partial charge in [-0.1, -0.05) is 38.1 Å². The highest BCUT2D eigenvalue weighted by atomic mass is 16.6. The molecule has 1 heterocycles. The second-order valence-electron chi connectivity index (χ2n) is 9.49. The minimum Gasteiger partial charge on any atom is -0.347 e. The highest BCUT2D eigenvalue weighted by molar-refractivity contribution is 5.98. The number of hydrogen-bond donors (Lipinski definition) is 1. The molecule has 7 heteroatoms. The first-order valence-corrected chi connectivity index (χ1v) is 11.1. The van der Waals surface area contributed by atoms with E-state index in [9.17, 15) is 19.7 Å². The first kappa shape index (κ1) is 22.0. The van der Waals surface area contributed by atoms with Gasteiger partial charge in [-0.3, -0.25) is 19.7 Å². The van der Waals surface area contributed by atoms with Crippen LogP contribution >= 0.6 is 0 Å². The SMILES string of the molecule is Cc1cc(C(=O)N2CCCC2C(=O)NC2CCC(C)(C)c3ccccc32)ccc1[N+](=O)[O-]. The number of nitrogens with one attached hydrogen (secondary N) is 1. The fraction of sp³-hybridized carbons (Fsp3) is 0.440. The van der Waals surface area contributed by atoms with E-state index in [0.29, 0.717) is 24.1 Å². The molecule has 0 radical (unpaired) electrons. The summed E-state index contributed by atoms with van der Waals surface area (Å²) >= 11 is 0. The zero-order valence-electron chi connectivity index (χ0n) is 18.8. The number of nitro benzene ring substituents is 1. The van der Waals surface area contributed by atoms with Crippen molar-refractivity contribution in [3.8, 4) is 0 Å². The van der Waals surface area contributed by atoms with Gasteiger partial charge in [0.05, 0.1) is 11.0 Å². The third-order valence-electron chi connectivity index (χ3n) is 6.90. The molecule has 0 spiro atoms. The molecular weight excluding hydrogens is 406 g/mol. The number of carbonyl (C=O) groups excluding carboxylic acids is 2. The Labute approximate surface area is 188 Å². The molecule has 0 bridgehead atoms. The van der Waals surface area contributed by atoms with E-state index in [-0.39, 0.29) is 29.0 Å². The molecule has 2 unspecified atom stereocenters. The third-order valence-corrected chi connectivity index (χ3v) is 6.90. The van der Waals surface area contributed by atoms with Gasteiger partial charge in [-0.15, -0.1) is 0 Å². The number of likely N-dealkylation sites (tertiary alicyclic amines) is 1. The summed E-state index contributed by atoms with van der Waals surface area (Å²) in [4.78, 5) is 38.6. The van der Waals surface area contributed by atoms with Crippen molar-refractivity contribution < 1.29 is 14.5 Å². The molecule has 1 aliphatic carbocycles. The normalized spacial score (nSPS) is 21.7. The Morgan fingerprint density at radius 3 is 2.62 bits per heavy atom. The number of amides is 2. The molecule has 1 N–H and O–H groups in total. The standard InChI is InChI=1S/C25H29N3O4/c1-16-15-17(10-11-21(16)28(31)32)24(30)27-14-6-9-22(27)23(29)26-20-12-13-25(2,3)19-8-5-4-7-18(19)20/h4-5,7-8,10-11,15,20,22H,6,9,12-14H2,1-3H3,(H,26,29). The van der Waals surface area contributed by atoms with E-state index < -0.39 is 11.0 Å². The molecule has 168 valence electrons. The van der Waals surface area contributed by atoms with Crippen molar-refractivity contribution in [1.82, 2.24) is 10.2 Å². The average Bonchev–Trinajstić information content (AvgIpc) is 3.25. The van der Waals surface area contributed by atoms with E-state index in [1.807, 2.05) is 12.1 Å². The van der Waals surface area contributed by atoms with Crippen LogP contribution in [-0.4, -0.2) is 34.2 Å². The van der Waals surface area contributed by atoms with Crippen molar-refractivity contribution in [2.75, 3.05) is 6.54 Å². The van der Waals surface area contributed by atoms with Crippen LogP contribution in [0.25, 0.3) is 0 Å². The van der Waals surface area contributed by atoms with Gasteiger partial charge in [0.15, 0.2) is 0 Å². The van der Waals surface area contributed by atoms with Crippen LogP contribution in [-0.2, 0) is 10.2 Å². The van der Waals surface area contributed by atoms with Gasteiger partial charge >= 0.3 is 0 Å². The number of benzene rings is 2. The van der Waals surface area contributed by atoms with Crippen molar-refractivity contribution in [3.05, 3.63) is 74.8 Å². The summed E-state index contributed by atoms with van der Waals surface area (Å²) in [5.74, 6) is -0.389.